The topological polar surface area (TPSA) is 78.1 Å². The smallest absolute Gasteiger partial charge is 0.317 e. The highest BCUT2D eigenvalue weighted by molar-refractivity contribution is 5.75. The first kappa shape index (κ1) is 19.9. The molecule has 1 aromatic carbocycles. The lowest BCUT2D eigenvalue weighted by atomic mass is 9.80. The number of nitrogens with one attached hydrogen (secondary N) is 1. The summed E-state index contributed by atoms with van der Waals surface area (Å²) in [5, 5.41) is 12.6. The number of nitriles is 1. The Morgan fingerprint density at radius 1 is 1.06 bits per heavy atom. The van der Waals surface area contributed by atoms with Gasteiger partial charge in [-0.3, -0.25) is 4.79 Å². The maximum absolute atomic E-state index is 13.0. The van der Waals surface area contributed by atoms with Gasteiger partial charge in [0.15, 0.2) is 0 Å². The van der Waals surface area contributed by atoms with Gasteiger partial charge < -0.3 is 14.8 Å². The van der Waals surface area contributed by atoms with E-state index in [0.717, 1.165) is 36.1 Å². The third-order valence-electron chi connectivity index (χ3n) is 7.11. The summed E-state index contributed by atoms with van der Waals surface area (Å²) in [5.41, 5.74) is 3.58. The minimum Gasteiger partial charge on any atom is -0.335 e. The van der Waals surface area contributed by atoms with E-state index in [4.69, 9.17) is 0 Å². The van der Waals surface area contributed by atoms with Crippen molar-refractivity contribution in [3.8, 4) is 17.2 Å². The normalized spacial score (nSPS) is 23.0. The van der Waals surface area contributed by atoms with Gasteiger partial charge in [-0.2, -0.15) is 5.26 Å². The van der Waals surface area contributed by atoms with E-state index in [1.807, 2.05) is 33.7 Å². The SMILES string of the molecule is N#Cc1cccc(-c2ccc(=O)n3c2[C@H]2C[C@@H](CN(C(=O)NC4CCCCC4)C2)C3)c1. The van der Waals surface area contributed by atoms with Crippen LogP contribution in [0.2, 0.25) is 0 Å². The maximum atomic E-state index is 13.0. The molecule has 1 aliphatic carbocycles. The lowest BCUT2D eigenvalue weighted by Crippen LogP contribution is -2.53. The predicted molar refractivity (Wildman–Crippen MR) is 119 cm³/mol. The van der Waals surface area contributed by atoms with Crippen LogP contribution in [0.4, 0.5) is 4.79 Å². The molecule has 0 spiro atoms. The molecule has 0 unspecified atom stereocenters. The summed E-state index contributed by atoms with van der Waals surface area (Å²) in [6.45, 7) is 1.97. The molecule has 1 aromatic heterocycles. The van der Waals surface area contributed by atoms with E-state index in [0.29, 0.717) is 37.2 Å². The van der Waals surface area contributed by atoms with Crippen LogP contribution in [0.3, 0.4) is 0 Å². The number of benzene rings is 1. The van der Waals surface area contributed by atoms with Gasteiger partial charge in [0.1, 0.15) is 0 Å². The molecule has 3 heterocycles. The van der Waals surface area contributed by atoms with E-state index in [-0.39, 0.29) is 17.5 Å². The number of hydrogen-bond donors (Lipinski definition) is 1. The first-order chi connectivity index (χ1) is 15.1. The van der Waals surface area contributed by atoms with Crippen LogP contribution in [0.25, 0.3) is 11.1 Å². The van der Waals surface area contributed by atoms with Gasteiger partial charge in [0.25, 0.3) is 5.56 Å². The van der Waals surface area contributed by atoms with E-state index >= 15 is 0 Å². The highest BCUT2D eigenvalue weighted by atomic mass is 16.2. The molecule has 0 radical (unpaired) electrons. The van der Waals surface area contributed by atoms with Crippen molar-refractivity contribution in [1.82, 2.24) is 14.8 Å². The summed E-state index contributed by atoms with van der Waals surface area (Å²) in [6, 6.07) is 13.6. The summed E-state index contributed by atoms with van der Waals surface area (Å²) in [5.74, 6) is 0.418. The number of rotatable bonds is 2. The molecule has 3 aliphatic rings. The second-order valence-electron chi connectivity index (χ2n) is 9.26. The van der Waals surface area contributed by atoms with Crippen molar-refractivity contribution in [3.63, 3.8) is 0 Å². The fraction of sp³-hybridized carbons (Fsp3) is 0.480. The summed E-state index contributed by atoms with van der Waals surface area (Å²) in [4.78, 5) is 27.7. The molecule has 2 atom stereocenters. The zero-order chi connectivity index (χ0) is 21.4. The van der Waals surface area contributed by atoms with E-state index in [9.17, 15) is 14.9 Å². The fourth-order valence-corrected chi connectivity index (χ4v) is 5.69. The number of amides is 2. The third-order valence-corrected chi connectivity index (χ3v) is 7.11. The molecule has 6 nitrogen and oxygen atoms in total. The zero-order valence-corrected chi connectivity index (χ0v) is 17.7. The molecular formula is C25H28N4O2. The number of aromatic nitrogens is 1. The van der Waals surface area contributed by atoms with Crippen LogP contribution >= 0.6 is 0 Å². The van der Waals surface area contributed by atoms with Gasteiger partial charge in [-0.05, 0) is 48.9 Å². The molecule has 1 N–H and O–H groups in total. The minimum atomic E-state index is 0.0185. The molecule has 1 saturated heterocycles. The lowest BCUT2D eigenvalue weighted by Gasteiger charge is -2.44. The number of hydrogen-bond acceptors (Lipinski definition) is 3. The van der Waals surface area contributed by atoms with Gasteiger partial charge in [0.2, 0.25) is 0 Å². The zero-order valence-electron chi connectivity index (χ0n) is 17.7. The molecule has 31 heavy (non-hydrogen) atoms. The fourth-order valence-electron chi connectivity index (χ4n) is 5.69. The Bertz CT molecular complexity index is 1090. The van der Waals surface area contributed by atoms with E-state index in [2.05, 4.69) is 11.4 Å². The average molecular weight is 417 g/mol. The maximum Gasteiger partial charge on any atom is 0.317 e. The number of likely N-dealkylation sites (tertiary alicyclic amines) is 1. The van der Waals surface area contributed by atoms with Crippen LogP contribution in [-0.2, 0) is 6.54 Å². The van der Waals surface area contributed by atoms with Crippen molar-refractivity contribution in [2.24, 2.45) is 5.92 Å². The third kappa shape index (κ3) is 3.85. The molecule has 2 amide bonds. The van der Waals surface area contributed by atoms with Crippen LogP contribution in [0.15, 0.2) is 41.2 Å². The number of pyridine rings is 1. The highest BCUT2D eigenvalue weighted by Gasteiger charge is 2.38. The monoisotopic (exact) mass is 416 g/mol. The Hall–Kier alpha value is -3.07. The minimum absolute atomic E-state index is 0.0185. The van der Waals surface area contributed by atoms with Crippen molar-refractivity contribution in [1.29, 1.82) is 5.26 Å². The first-order valence-corrected chi connectivity index (χ1v) is 11.4. The van der Waals surface area contributed by atoms with E-state index < -0.39 is 0 Å². The van der Waals surface area contributed by atoms with Crippen molar-refractivity contribution < 1.29 is 4.79 Å². The number of carbonyl (C=O) groups is 1. The lowest BCUT2D eigenvalue weighted by molar-refractivity contribution is 0.128. The van der Waals surface area contributed by atoms with Crippen molar-refractivity contribution >= 4 is 6.03 Å². The standard InChI is InChI=1S/C25H28N4O2/c26-13-17-5-4-6-19(11-17)22-9-10-23(30)29-15-18-12-20(24(22)29)16-28(14-18)25(31)27-21-7-2-1-3-8-21/h4-6,9-11,18,20-21H,1-3,7-8,12,14-16H2,(H,27,31)/t18-,20-/m0/s1. The molecule has 2 fully saturated rings. The number of fused-ring (bicyclic) bond motifs is 4. The summed E-state index contributed by atoms with van der Waals surface area (Å²) >= 11 is 0. The molecular weight excluding hydrogens is 388 g/mol. The van der Waals surface area contributed by atoms with Crippen molar-refractivity contribution in [2.75, 3.05) is 13.1 Å². The summed E-state index contributed by atoms with van der Waals surface area (Å²) in [6.07, 6.45) is 6.78. The van der Waals surface area contributed by atoms with Gasteiger partial charge in [0, 0.05) is 48.9 Å². The molecule has 5 rings (SSSR count). The van der Waals surface area contributed by atoms with Gasteiger partial charge in [-0.15, -0.1) is 0 Å². The number of piperidine rings is 1. The van der Waals surface area contributed by atoms with Crippen LogP contribution < -0.4 is 10.9 Å². The molecule has 6 heteroatoms. The number of carbonyl (C=O) groups excluding carboxylic acids is 1. The molecule has 1 saturated carbocycles. The Morgan fingerprint density at radius 3 is 2.71 bits per heavy atom. The van der Waals surface area contributed by atoms with Crippen molar-refractivity contribution in [3.05, 3.63) is 58.0 Å². The van der Waals surface area contributed by atoms with Gasteiger partial charge in [0.05, 0.1) is 11.6 Å². The Labute approximate surface area is 182 Å². The predicted octanol–water partition coefficient (Wildman–Crippen LogP) is 3.85. The molecule has 160 valence electrons. The highest BCUT2D eigenvalue weighted by Crippen LogP contribution is 2.40. The van der Waals surface area contributed by atoms with Crippen LogP contribution in [-0.4, -0.2) is 34.6 Å². The summed E-state index contributed by atoms with van der Waals surface area (Å²) in [7, 11) is 0. The van der Waals surface area contributed by atoms with Gasteiger partial charge in [-0.1, -0.05) is 31.4 Å². The quantitative estimate of drug-likeness (QED) is 0.808. The molecule has 2 bridgehead atoms. The largest absolute Gasteiger partial charge is 0.335 e. The van der Waals surface area contributed by atoms with E-state index in [1.165, 1.54) is 19.3 Å². The number of nitrogens with zero attached hydrogens (tertiary/aromatic N) is 3. The average Bonchev–Trinajstić information content (AvgIpc) is 2.80. The van der Waals surface area contributed by atoms with Crippen LogP contribution in [0.1, 0.15) is 55.7 Å². The second kappa shape index (κ2) is 8.22. The van der Waals surface area contributed by atoms with Gasteiger partial charge in [-0.25, -0.2) is 4.79 Å². The van der Waals surface area contributed by atoms with Crippen molar-refractivity contribution in [2.45, 2.75) is 57.0 Å². The Balaban J connectivity index is 1.45. The molecule has 2 aliphatic heterocycles. The Kier molecular flexibility index (Phi) is 5.27. The second-order valence-corrected chi connectivity index (χ2v) is 9.26. The number of urea groups is 1. The Morgan fingerprint density at radius 2 is 1.90 bits per heavy atom. The first-order valence-electron chi connectivity index (χ1n) is 11.4. The molecule has 2 aromatic rings. The van der Waals surface area contributed by atoms with Crippen LogP contribution in [0.5, 0.6) is 0 Å². The van der Waals surface area contributed by atoms with Crippen LogP contribution in [0, 0.1) is 17.2 Å². The summed E-state index contributed by atoms with van der Waals surface area (Å²) < 4.78 is 1.91. The van der Waals surface area contributed by atoms with Gasteiger partial charge >= 0.3 is 6.03 Å². The van der Waals surface area contributed by atoms with E-state index in [1.54, 1.807) is 12.1 Å².